The van der Waals surface area contributed by atoms with E-state index >= 15 is 0 Å². The highest BCUT2D eigenvalue weighted by Gasteiger charge is 2.29. The Morgan fingerprint density at radius 2 is 2.07 bits per heavy atom. The molecule has 1 atom stereocenters. The highest BCUT2D eigenvalue weighted by Crippen LogP contribution is 2.34. The molecule has 8 nitrogen and oxygen atoms in total. The molecule has 158 valence electrons. The fourth-order valence-corrected chi connectivity index (χ4v) is 2.76. The Hall–Kier alpha value is -3.53. The van der Waals surface area contributed by atoms with Crippen LogP contribution in [0.4, 0.5) is 8.78 Å². The third kappa shape index (κ3) is 4.54. The van der Waals surface area contributed by atoms with Crippen molar-refractivity contribution in [3.63, 3.8) is 0 Å². The zero-order valence-corrected chi connectivity index (χ0v) is 15.9. The van der Waals surface area contributed by atoms with Crippen LogP contribution in [0.1, 0.15) is 33.8 Å². The van der Waals surface area contributed by atoms with Crippen LogP contribution in [0.5, 0.6) is 5.75 Å². The molecule has 0 aliphatic rings. The Kier molecular flexibility index (Phi) is 6.26. The number of nitrogens with two attached hydrogens (primary N) is 1. The highest BCUT2D eigenvalue weighted by atomic mass is 19.3. The number of alkyl halides is 2. The Bertz CT molecular complexity index is 1070. The van der Waals surface area contributed by atoms with Gasteiger partial charge in [-0.2, -0.15) is 0 Å². The van der Waals surface area contributed by atoms with Crippen LogP contribution in [-0.4, -0.2) is 34.6 Å². The van der Waals surface area contributed by atoms with Crippen LogP contribution < -0.4 is 15.8 Å². The zero-order chi connectivity index (χ0) is 21.8. The number of pyridine rings is 1. The van der Waals surface area contributed by atoms with Crippen molar-refractivity contribution in [1.82, 2.24) is 10.3 Å². The summed E-state index contributed by atoms with van der Waals surface area (Å²) in [6, 6.07) is 6.54. The predicted molar refractivity (Wildman–Crippen MR) is 102 cm³/mol. The summed E-state index contributed by atoms with van der Waals surface area (Å²) in [7, 11) is 0. The summed E-state index contributed by atoms with van der Waals surface area (Å²) in [5.41, 5.74) is 6.31. The summed E-state index contributed by atoms with van der Waals surface area (Å²) >= 11 is 0. The molecule has 0 radical (unpaired) electrons. The molecular weight excluding hydrogens is 400 g/mol. The van der Waals surface area contributed by atoms with E-state index in [1.165, 1.54) is 18.2 Å². The van der Waals surface area contributed by atoms with Crippen LogP contribution >= 0.6 is 0 Å². The van der Waals surface area contributed by atoms with Gasteiger partial charge in [0, 0.05) is 22.8 Å². The van der Waals surface area contributed by atoms with Gasteiger partial charge in [-0.3, -0.25) is 14.6 Å². The summed E-state index contributed by atoms with van der Waals surface area (Å²) < 4.78 is 37.7. The number of hydrogen-bond donors (Lipinski definition) is 3. The summed E-state index contributed by atoms with van der Waals surface area (Å²) in [6.07, 6.45) is -1.43. The van der Waals surface area contributed by atoms with Gasteiger partial charge < -0.3 is 25.3 Å². The maximum atomic E-state index is 13.5. The minimum atomic E-state index is -3.08. The number of aryl methyl sites for hydroxylation is 1. The fourth-order valence-electron chi connectivity index (χ4n) is 2.76. The number of aliphatic hydroxyl groups excluding tert-OH is 1. The topological polar surface area (TPSA) is 128 Å². The summed E-state index contributed by atoms with van der Waals surface area (Å²) in [5, 5.41) is 11.4. The third-order valence-corrected chi connectivity index (χ3v) is 4.32. The summed E-state index contributed by atoms with van der Waals surface area (Å²) in [5.74, 6) is -2.58. The van der Waals surface area contributed by atoms with E-state index < -0.39 is 42.2 Å². The SMILES string of the molecule is Cc1ccc(COc2ccc3oc(C(F)F)c(C(=O)NC(CO)C(N)=O)c3c2)cn1. The lowest BCUT2D eigenvalue weighted by molar-refractivity contribution is -0.120. The Morgan fingerprint density at radius 1 is 1.30 bits per heavy atom. The molecule has 2 heterocycles. The molecule has 1 unspecified atom stereocenters. The number of nitrogens with one attached hydrogen (secondary N) is 1. The average molecular weight is 419 g/mol. The average Bonchev–Trinajstić information content (AvgIpc) is 3.10. The molecule has 0 aliphatic heterocycles. The van der Waals surface area contributed by atoms with Gasteiger partial charge in [-0.25, -0.2) is 8.78 Å². The minimum absolute atomic E-state index is 0.0411. The van der Waals surface area contributed by atoms with E-state index in [9.17, 15) is 18.4 Å². The van der Waals surface area contributed by atoms with E-state index in [0.29, 0.717) is 5.75 Å². The molecule has 2 aromatic heterocycles. The van der Waals surface area contributed by atoms with Crippen molar-refractivity contribution in [2.45, 2.75) is 26.0 Å². The van der Waals surface area contributed by atoms with Gasteiger partial charge in [0.05, 0.1) is 12.2 Å². The van der Waals surface area contributed by atoms with E-state index in [-0.39, 0.29) is 17.6 Å². The van der Waals surface area contributed by atoms with Crippen molar-refractivity contribution in [3.8, 4) is 5.75 Å². The Balaban J connectivity index is 1.92. The van der Waals surface area contributed by atoms with Crippen LogP contribution in [-0.2, 0) is 11.4 Å². The van der Waals surface area contributed by atoms with Crippen molar-refractivity contribution in [1.29, 1.82) is 0 Å². The number of amides is 2. The van der Waals surface area contributed by atoms with E-state index in [0.717, 1.165) is 11.3 Å². The quantitative estimate of drug-likeness (QED) is 0.514. The minimum Gasteiger partial charge on any atom is -0.489 e. The lowest BCUT2D eigenvalue weighted by Gasteiger charge is -2.12. The summed E-state index contributed by atoms with van der Waals surface area (Å²) in [4.78, 5) is 28.0. The predicted octanol–water partition coefficient (Wildman–Crippen LogP) is 2.23. The number of fused-ring (bicyclic) bond motifs is 1. The lowest BCUT2D eigenvalue weighted by atomic mass is 10.1. The first-order valence-electron chi connectivity index (χ1n) is 8.90. The standard InChI is InChI=1S/C20H19F2N3O5/c1-10-2-3-11(7-24-10)9-29-12-4-5-15-13(6-12)16(17(30-15)18(21)22)20(28)25-14(8-26)19(23)27/h2-7,14,18,26H,8-9H2,1H3,(H2,23,27)(H,25,28). The lowest BCUT2D eigenvalue weighted by Crippen LogP contribution is -2.46. The number of benzene rings is 1. The molecular formula is C20H19F2N3O5. The molecule has 30 heavy (non-hydrogen) atoms. The van der Waals surface area contributed by atoms with Crippen molar-refractivity contribution in [2.24, 2.45) is 5.73 Å². The van der Waals surface area contributed by atoms with Gasteiger partial charge in [0.15, 0.2) is 5.76 Å². The fraction of sp³-hybridized carbons (Fsp3) is 0.250. The number of halogens is 2. The first-order chi connectivity index (χ1) is 14.3. The molecule has 1 aromatic carbocycles. The van der Waals surface area contributed by atoms with Crippen LogP contribution in [0.15, 0.2) is 40.9 Å². The highest BCUT2D eigenvalue weighted by molar-refractivity contribution is 6.08. The van der Waals surface area contributed by atoms with Gasteiger partial charge in [-0.1, -0.05) is 6.07 Å². The molecule has 0 spiro atoms. The molecule has 0 aliphatic carbocycles. The second-order valence-corrected chi connectivity index (χ2v) is 6.51. The van der Waals surface area contributed by atoms with Crippen molar-refractivity contribution >= 4 is 22.8 Å². The van der Waals surface area contributed by atoms with E-state index in [2.05, 4.69) is 10.3 Å². The number of ether oxygens (including phenoxy) is 1. The molecule has 0 fully saturated rings. The number of aromatic nitrogens is 1. The molecule has 0 saturated carbocycles. The molecule has 0 bridgehead atoms. The number of carbonyl (C=O) groups is 2. The van der Waals surface area contributed by atoms with E-state index in [4.69, 9.17) is 20.0 Å². The van der Waals surface area contributed by atoms with Crippen molar-refractivity contribution in [3.05, 3.63) is 59.1 Å². The smallest absolute Gasteiger partial charge is 0.296 e. The van der Waals surface area contributed by atoms with Crippen LogP contribution in [0, 0.1) is 6.92 Å². The number of nitrogens with zero attached hydrogens (tertiary/aromatic N) is 1. The molecule has 3 rings (SSSR count). The summed E-state index contributed by atoms with van der Waals surface area (Å²) in [6.45, 7) is 1.25. The first-order valence-corrected chi connectivity index (χ1v) is 8.90. The van der Waals surface area contributed by atoms with E-state index in [1.54, 1.807) is 6.20 Å². The number of aliphatic hydroxyl groups is 1. The van der Waals surface area contributed by atoms with Gasteiger partial charge in [-0.05, 0) is 31.2 Å². The number of carbonyl (C=O) groups excluding carboxylic acids is 2. The molecule has 4 N–H and O–H groups in total. The normalized spacial score (nSPS) is 12.2. The number of hydrogen-bond acceptors (Lipinski definition) is 6. The van der Waals surface area contributed by atoms with Gasteiger partial charge in [0.2, 0.25) is 5.91 Å². The Labute approximate surface area is 169 Å². The number of primary amides is 1. The van der Waals surface area contributed by atoms with Gasteiger partial charge in [-0.15, -0.1) is 0 Å². The maximum Gasteiger partial charge on any atom is 0.296 e. The third-order valence-electron chi connectivity index (χ3n) is 4.32. The molecule has 3 aromatic rings. The van der Waals surface area contributed by atoms with Crippen molar-refractivity contribution < 1.29 is 32.6 Å². The van der Waals surface area contributed by atoms with Crippen LogP contribution in [0.3, 0.4) is 0 Å². The van der Waals surface area contributed by atoms with Gasteiger partial charge >= 0.3 is 0 Å². The van der Waals surface area contributed by atoms with Gasteiger partial charge in [0.1, 0.15) is 24.0 Å². The van der Waals surface area contributed by atoms with Crippen LogP contribution in [0.25, 0.3) is 11.0 Å². The van der Waals surface area contributed by atoms with E-state index in [1.807, 2.05) is 19.1 Å². The number of furan rings is 1. The zero-order valence-electron chi connectivity index (χ0n) is 15.9. The Morgan fingerprint density at radius 3 is 2.67 bits per heavy atom. The number of rotatable bonds is 8. The molecule has 10 heteroatoms. The largest absolute Gasteiger partial charge is 0.489 e. The van der Waals surface area contributed by atoms with Crippen LogP contribution in [0.2, 0.25) is 0 Å². The molecule has 0 saturated heterocycles. The monoisotopic (exact) mass is 419 g/mol. The second kappa shape index (κ2) is 8.87. The second-order valence-electron chi connectivity index (χ2n) is 6.51. The van der Waals surface area contributed by atoms with Crippen molar-refractivity contribution in [2.75, 3.05) is 6.61 Å². The molecule has 2 amide bonds. The maximum absolute atomic E-state index is 13.5. The van der Waals surface area contributed by atoms with Gasteiger partial charge in [0.25, 0.3) is 12.3 Å². The first kappa shape index (κ1) is 21.2.